The molecule has 0 saturated carbocycles. The molecule has 1 aromatic rings. The first-order valence-corrected chi connectivity index (χ1v) is 8.13. The van der Waals surface area contributed by atoms with Crippen LogP contribution >= 0.6 is 11.6 Å². The van der Waals surface area contributed by atoms with Gasteiger partial charge in [0.2, 0.25) is 0 Å². The topological polar surface area (TPSA) is 47.6 Å². The lowest BCUT2D eigenvalue weighted by atomic mass is 10.0. The van der Waals surface area contributed by atoms with Gasteiger partial charge in [0.1, 0.15) is 6.61 Å². The van der Waals surface area contributed by atoms with E-state index in [-0.39, 0.29) is 0 Å². The van der Waals surface area contributed by atoms with Crippen molar-refractivity contribution in [2.45, 2.75) is 47.0 Å². The number of hydrogen-bond donors (Lipinski definition) is 1. The van der Waals surface area contributed by atoms with Gasteiger partial charge in [0, 0.05) is 16.3 Å². The molecule has 0 aliphatic rings. The summed E-state index contributed by atoms with van der Waals surface area (Å²) in [5.41, 5.74) is 9.53. The average Bonchev–Trinajstić information content (AvgIpc) is 2.45. The van der Waals surface area contributed by atoms with Crippen molar-refractivity contribution in [3.8, 4) is 0 Å². The van der Waals surface area contributed by atoms with Crippen LogP contribution in [0.4, 0.5) is 5.69 Å². The van der Waals surface area contributed by atoms with E-state index in [0.717, 1.165) is 24.1 Å². The average molecular weight is 323 g/mol. The number of hydrogen-bond acceptors (Lipinski definition) is 3. The van der Waals surface area contributed by atoms with Crippen LogP contribution in [0, 0.1) is 5.92 Å². The molecule has 1 atom stereocenters. The summed E-state index contributed by atoms with van der Waals surface area (Å²) in [5.74, 6) is 0.627. The van der Waals surface area contributed by atoms with Crippen molar-refractivity contribution in [2.24, 2.45) is 11.1 Å². The van der Waals surface area contributed by atoms with E-state index in [0.29, 0.717) is 23.2 Å². The smallest absolute Gasteiger partial charge is 0.117 e. The Morgan fingerprint density at radius 3 is 2.73 bits per heavy atom. The molecular formula is C18H27ClN2O. The Hall–Kier alpha value is -1.48. The highest BCUT2D eigenvalue weighted by Crippen LogP contribution is 2.19. The molecule has 1 rings (SSSR count). The van der Waals surface area contributed by atoms with Crippen LogP contribution in [-0.4, -0.2) is 12.3 Å². The lowest BCUT2D eigenvalue weighted by molar-refractivity contribution is 0.130. The number of benzene rings is 1. The third-order valence-electron chi connectivity index (χ3n) is 3.52. The summed E-state index contributed by atoms with van der Waals surface area (Å²) < 4.78 is 0. The van der Waals surface area contributed by atoms with Crippen molar-refractivity contribution in [2.75, 3.05) is 12.3 Å². The summed E-state index contributed by atoms with van der Waals surface area (Å²) in [5, 5.41) is 4.79. The minimum absolute atomic E-state index is 0.619. The number of allylic oxidation sites excluding steroid dienone is 2. The molecule has 3 nitrogen and oxygen atoms in total. The number of oxime groups is 1. The molecule has 4 heteroatoms. The minimum atomic E-state index is 0.619. The van der Waals surface area contributed by atoms with Gasteiger partial charge in [-0.1, -0.05) is 35.3 Å². The molecule has 0 aliphatic carbocycles. The fourth-order valence-electron chi connectivity index (χ4n) is 2.09. The summed E-state index contributed by atoms with van der Waals surface area (Å²) in [6.07, 6.45) is 5.59. The van der Waals surface area contributed by atoms with Gasteiger partial charge < -0.3 is 10.6 Å². The first kappa shape index (κ1) is 18.6. The minimum Gasteiger partial charge on any atom is -0.398 e. The van der Waals surface area contributed by atoms with Crippen molar-refractivity contribution in [3.63, 3.8) is 0 Å². The lowest BCUT2D eigenvalue weighted by Gasteiger charge is -2.10. The fraction of sp³-hybridized carbons (Fsp3) is 0.500. The third-order valence-corrected chi connectivity index (χ3v) is 3.76. The van der Waals surface area contributed by atoms with E-state index in [4.69, 9.17) is 22.2 Å². The molecule has 1 unspecified atom stereocenters. The van der Waals surface area contributed by atoms with E-state index in [1.54, 1.807) is 18.2 Å². The maximum Gasteiger partial charge on any atom is 0.117 e. The first-order valence-electron chi connectivity index (χ1n) is 7.75. The zero-order chi connectivity index (χ0) is 16.5. The fourth-order valence-corrected chi connectivity index (χ4v) is 2.26. The van der Waals surface area contributed by atoms with Gasteiger partial charge in [-0.3, -0.25) is 0 Å². The van der Waals surface area contributed by atoms with E-state index in [9.17, 15) is 0 Å². The van der Waals surface area contributed by atoms with Crippen LogP contribution in [0.5, 0.6) is 0 Å². The van der Waals surface area contributed by atoms with E-state index < -0.39 is 0 Å². The van der Waals surface area contributed by atoms with Crippen LogP contribution in [0.3, 0.4) is 0 Å². The zero-order valence-electron chi connectivity index (χ0n) is 14.0. The van der Waals surface area contributed by atoms with Gasteiger partial charge in [-0.15, -0.1) is 0 Å². The van der Waals surface area contributed by atoms with Gasteiger partial charge in [0.15, 0.2) is 0 Å². The van der Waals surface area contributed by atoms with Gasteiger partial charge in [0.25, 0.3) is 0 Å². The Balaban J connectivity index is 2.39. The van der Waals surface area contributed by atoms with Crippen molar-refractivity contribution >= 4 is 23.0 Å². The molecule has 0 spiro atoms. The molecule has 0 radical (unpaired) electrons. The number of halogens is 1. The monoisotopic (exact) mass is 322 g/mol. The molecule has 0 aliphatic heterocycles. The van der Waals surface area contributed by atoms with Crippen molar-refractivity contribution < 1.29 is 4.84 Å². The molecule has 1 aromatic carbocycles. The van der Waals surface area contributed by atoms with E-state index in [2.05, 4.69) is 32.0 Å². The van der Waals surface area contributed by atoms with E-state index in [1.807, 2.05) is 6.92 Å². The predicted octanol–water partition coefficient (Wildman–Crippen LogP) is 5.44. The summed E-state index contributed by atoms with van der Waals surface area (Å²) >= 11 is 5.98. The SMILES string of the molecule is CC(C)=CCCC(C)CCO/N=C(\C)c1cc(Cl)ccc1N. The Bertz CT molecular complexity index is 534. The van der Waals surface area contributed by atoms with Crippen LogP contribution < -0.4 is 5.73 Å². The molecule has 0 aromatic heterocycles. The summed E-state index contributed by atoms with van der Waals surface area (Å²) in [4.78, 5) is 5.42. The van der Waals surface area contributed by atoms with Gasteiger partial charge in [-0.2, -0.15) is 0 Å². The van der Waals surface area contributed by atoms with E-state index >= 15 is 0 Å². The molecule has 0 bridgehead atoms. The Morgan fingerprint density at radius 2 is 2.05 bits per heavy atom. The zero-order valence-corrected chi connectivity index (χ0v) is 14.8. The summed E-state index contributed by atoms with van der Waals surface area (Å²) in [7, 11) is 0. The van der Waals surface area contributed by atoms with Crippen LogP contribution in [-0.2, 0) is 4.84 Å². The lowest BCUT2D eigenvalue weighted by Crippen LogP contribution is -2.04. The highest BCUT2D eigenvalue weighted by Gasteiger charge is 2.05. The number of anilines is 1. The second kappa shape index (κ2) is 9.52. The standard InChI is InChI=1S/C18H27ClN2O/c1-13(2)6-5-7-14(3)10-11-22-21-15(4)17-12-16(19)8-9-18(17)20/h6,8-9,12,14H,5,7,10-11,20H2,1-4H3/b21-15+. The van der Waals surface area contributed by atoms with Gasteiger partial charge in [-0.25, -0.2) is 0 Å². The number of rotatable bonds is 8. The predicted molar refractivity (Wildman–Crippen MR) is 96.5 cm³/mol. The van der Waals surface area contributed by atoms with E-state index in [1.165, 1.54) is 12.0 Å². The Morgan fingerprint density at radius 1 is 1.32 bits per heavy atom. The molecule has 0 saturated heterocycles. The number of nitrogens with zero attached hydrogens (tertiary/aromatic N) is 1. The van der Waals surface area contributed by atoms with Gasteiger partial charge >= 0.3 is 0 Å². The van der Waals surface area contributed by atoms with Crippen LogP contribution in [0.2, 0.25) is 5.02 Å². The second-order valence-electron chi connectivity index (χ2n) is 5.99. The van der Waals surface area contributed by atoms with Crippen LogP contribution in [0.15, 0.2) is 35.0 Å². The quantitative estimate of drug-likeness (QED) is 0.228. The Labute approximate surface area is 139 Å². The maximum atomic E-state index is 5.98. The third kappa shape index (κ3) is 6.99. The van der Waals surface area contributed by atoms with Crippen molar-refractivity contribution in [1.82, 2.24) is 0 Å². The van der Waals surface area contributed by atoms with Crippen molar-refractivity contribution in [3.05, 3.63) is 40.4 Å². The molecule has 0 fully saturated rings. The van der Waals surface area contributed by atoms with Gasteiger partial charge in [0.05, 0.1) is 5.71 Å². The highest BCUT2D eigenvalue weighted by molar-refractivity contribution is 6.31. The molecular weight excluding hydrogens is 296 g/mol. The van der Waals surface area contributed by atoms with Crippen LogP contribution in [0.1, 0.15) is 52.5 Å². The largest absolute Gasteiger partial charge is 0.398 e. The number of nitrogens with two attached hydrogens (primary N) is 1. The molecule has 22 heavy (non-hydrogen) atoms. The molecule has 2 N–H and O–H groups in total. The molecule has 122 valence electrons. The first-order chi connectivity index (χ1) is 10.4. The number of nitrogen functional groups attached to an aromatic ring is 1. The maximum absolute atomic E-state index is 5.98. The van der Waals surface area contributed by atoms with Crippen molar-refractivity contribution in [1.29, 1.82) is 0 Å². The second-order valence-corrected chi connectivity index (χ2v) is 6.43. The summed E-state index contributed by atoms with van der Waals surface area (Å²) in [6, 6.07) is 5.35. The molecule has 0 heterocycles. The van der Waals surface area contributed by atoms with Gasteiger partial charge in [-0.05, 0) is 64.2 Å². The molecule has 0 amide bonds. The highest BCUT2D eigenvalue weighted by atomic mass is 35.5. The normalized spacial score (nSPS) is 12.9. The van der Waals surface area contributed by atoms with Crippen LogP contribution in [0.25, 0.3) is 0 Å². The summed E-state index contributed by atoms with van der Waals surface area (Å²) in [6.45, 7) is 9.00. The Kier molecular flexibility index (Phi) is 8.03.